The van der Waals surface area contributed by atoms with Crippen LogP contribution in [-0.2, 0) is 9.53 Å². The third-order valence-electron chi connectivity index (χ3n) is 5.09. The first-order valence-corrected chi connectivity index (χ1v) is 8.31. The van der Waals surface area contributed by atoms with Gasteiger partial charge in [0, 0.05) is 19.1 Å². The Kier molecular flexibility index (Phi) is 5.85. The topological polar surface area (TPSA) is 50.4 Å². The van der Waals surface area contributed by atoms with Crippen LogP contribution in [-0.4, -0.2) is 37.2 Å². The highest BCUT2D eigenvalue weighted by atomic mass is 16.5. The predicted octanol–water partition coefficient (Wildman–Crippen LogP) is 2.23. The Labute approximate surface area is 123 Å². The molecule has 0 saturated carbocycles. The third-order valence-corrected chi connectivity index (χ3v) is 5.09. The van der Waals surface area contributed by atoms with Crippen molar-refractivity contribution < 1.29 is 9.53 Å². The van der Waals surface area contributed by atoms with Crippen molar-refractivity contribution in [2.24, 2.45) is 5.92 Å². The summed E-state index contributed by atoms with van der Waals surface area (Å²) in [6, 6.07) is 0.304. The van der Waals surface area contributed by atoms with Crippen molar-refractivity contribution in [1.82, 2.24) is 10.6 Å². The Morgan fingerprint density at radius 1 is 1.35 bits per heavy atom. The fourth-order valence-corrected chi connectivity index (χ4v) is 3.49. The van der Waals surface area contributed by atoms with E-state index in [1.807, 2.05) is 0 Å². The van der Waals surface area contributed by atoms with Crippen LogP contribution in [0.4, 0.5) is 0 Å². The molecule has 2 N–H and O–H groups in total. The maximum atomic E-state index is 12.1. The van der Waals surface area contributed by atoms with E-state index >= 15 is 0 Å². The molecule has 2 aliphatic heterocycles. The highest BCUT2D eigenvalue weighted by Crippen LogP contribution is 2.31. The van der Waals surface area contributed by atoms with Gasteiger partial charge in [0.1, 0.15) is 0 Å². The second-order valence-electron chi connectivity index (χ2n) is 6.39. The van der Waals surface area contributed by atoms with Crippen molar-refractivity contribution >= 4 is 5.91 Å². The summed E-state index contributed by atoms with van der Waals surface area (Å²) in [5, 5.41) is 6.58. The second kappa shape index (κ2) is 7.41. The number of ether oxygens (including phenoxy) is 1. The Bertz CT molecular complexity index is 310. The molecule has 4 nitrogen and oxygen atoms in total. The van der Waals surface area contributed by atoms with E-state index in [1.165, 1.54) is 6.42 Å². The van der Waals surface area contributed by atoms with Crippen LogP contribution in [0.25, 0.3) is 0 Å². The molecule has 2 fully saturated rings. The molecular weight excluding hydrogens is 252 g/mol. The zero-order chi connectivity index (χ0) is 14.4. The van der Waals surface area contributed by atoms with Gasteiger partial charge >= 0.3 is 0 Å². The lowest BCUT2D eigenvalue weighted by Gasteiger charge is -2.40. The summed E-state index contributed by atoms with van der Waals surface area (Å²) < 4.78 is 5.96. The molecule has 20 heavy (non-hydrogen) atoms. The van der Waals surface area contributed by atoms with E-state index in [0.29, 0.717) is 18.4 Å². The molecular formula is C16H30N2O2. The fraction of sp³-hybridized carbons (Fsp3) is 0.938. The Morgan fingerprint density at radius 3 is 2.80 bits per heavy atom. The zero-order valence-corrected chi connectivity index (χ0v) is 13.0. The number of rotatable bonds is 6. The van der Waals surface area contributed by atoms with E-state index in [0.717, 1.165) is 51.8 Å². The van der Waals surface area contributed by atoms with Gasteiger partial charge in [-0.05, 0) is 57.5 Å². The first-order chi connectivity index (χ1) is 9.67. The Balaban J connectivity index is 1.72. The predicted molar refractivity (Wildman–Crippen MR) is 80.6 cm³/mol. The lowest BCUT2D eigenvalue weighted by atomic mass is 9.86. The van der Waals surface area contributed by atoms with Crippen LogP contribution in [0.5, 0.6) is 0 Å². The largest absolute Gasteiger partial charge is 0.375 e. The minimum Gasteiger partial charge on any atom is -0.375 e. The molecule has 0 aromatic carbocycles. The van der Waals surface area contributed by atoms with Crippen LogP contribution in [0.3, 0.4) is 0 Å². The molecule has 2 rings (SSSR count). The number of hydrogen-bond donors (Lipinski definition) is 2. The van der Waals surface area contributed by atoms with Crippen LogP contribution in [0.2, 0.25) is 0 Å². The van der Waals surface area contributed by atoms with Crippen molar-refractivity contribution in [1.29, 1.82) is 0 Å². The fourth-order valence-electron chi connectivity index (χ4n) is 3.49. The highest BCUT2D eigenvalue weighted by Gasteiger charge is 2.34. The minimum absolute atomic E-state index is 0.00836. The summed E-state index contributed by atoms with van der Waals surface area (Å²) in [5.41, 5.74) is -0.00836. The smallest absolute Gasteiger partial charge is 0.220 e. The average molecular weight is 282 g/mol. The normalized spacial score (nSPS) is 29.3. The standard InChI is InChI=1S/C16H30N2O2/c1-3-16(4-2)11-14(8-10-20-16)18-15(19)6-5-13-7-9-17-12-13/h13-14,17H,3-12H2,1-2H3,(H,18,19). The van der Waals surface area contributed by atoms with Crippen molar-refractivity contribution in [2.75, 3.05) is 19.7 Å². The molecule has 2 atom stereocenters. The van der Waals surface area contributed by atoms with Crippen LogP contribution in [0, 0.1) is 5.92 Å². The van der Waals surface area contributed by atoms with E-state index in [4.69, 9.17) is 4.74 Å². The van der Waals surface area contributed by atoms with Gasteiger partial charge in [0.05, 0.1) is 5.60 Å². The SMILES string of the molecule is CCC1(CC)CC(NC(=O)CCC2CCNC2)CCO1. The molecule has 2 saturated heterocycles. The molecule has 0 bridgehead atoms. The van der Waals surface area contributed by atoms with Crippen molar-refractivity contribution in [2.45, 2.75) is 70.4 Å². The first kappa shape index (κ1) is 15.8. The molecule has 0 aromatic heterocycles. The second-order valence-corrected chi connectivity index (χ2v) is 6.39. The van der Waals surface area contributed by atoms with Gasteiger partial charge in [-0.2, -0.15) is 0 Å². The van der Waals surface area contributed by atoms with Crippen LogP contribution in [0.1, 0.15) is 58.8 Å². The Hall–Kier alpha value is -0.610. The maximum absolute atomic E-state index is 12.1. The lowest BCUT2D eigenvalue weighted by molar-refractivity contribution is -0.126. The summed E-state index contributed by atoms with van der Waals surface area (Å²) in [4.78, 5) is 12.1. The number of amides is 1. The lowest BCUT2D eigenvalue weighted by Crippen LogP contribution is -2.48. The van der Waals surface area contributed by atoms with Crippen molar-refractivity contribution in [3.05, 3.63) is 0 Å². The highest BCUT2D eigenvalue weighted by molar-refractivity contribution is 5.76. The van der Waals surface area contributed by atoms with Crippen molar-refractivity contribution in [3.8, 4) is 0 Å². The monoisotopic (exact) mass is 282 g/mol. The minimum atomic E-state index is -0.00836. The molecule has 2 heterocycles. The molecule has 0 spiro atoms. The van der Waals surface area contributed by atoms with Gasteiger partial charge in [-0.3, -0.25) is 4.79 Å². The number of carbonyl (C=O) groups excluding carboxylic acids is 1. The van der Waals surface area contributed by atoms with Gasteiger partial charge < -0.3 is 15.4 Å². The van der Waals surface area contributed by atoms with E-state index in [-0.39, 0.29) is 11.5 Å². The third kappa shape index (κ3) is 4.19. The van der Waals surface area contributed by atoms with Gasteiger partial charge in [-0.25, -0.2) is 0 Å². The maximum Gasteiger partial charge on any atom is 0.220 e. The van der Waals surface area contributed by atoms with Crippen LogP contribution >= 0.6 is 0 Å². The number of hydrogen-bond acceptors (Lipinski definition) is 3. The quantitative estimate of drug-likeness (QED) is 0.785. The van der Waals surface area contributed by atoms with Gasteiger partial charge in [-0.15, -0.1) is 0 Å². The number of nitrogens with one attached hydrogen (secondary N) is 2. The summed E-state index contributed by atoms with van der Waals surface area (Å²) in [7, 11) is 0. The summed E-state index contributed by atoms with van der Waals surface area (Å²) >= 11 is 0. The molecule has 0 aliphatic carbocycles. The molecule has 116 valence electrons. The van der Waals surface area contributed by atoms with Crippen LogP contribution < -0.4 is 10.6 Å². The van der Waals surface area contributed by atoms with Gasteiger partial charge in [0.2, 0.25) is 5.91 Å². The van der Waals surface area contributed by atoms with Gasteiger partial charge in [0.15, 0.2) is 0 Å². The summed E-state index contributed by atoms with van der Waals surface area (Å²) in [5.74, 6) is 0.922. The number of carbonyl (C=O) groups is 1. The molecule has 4 heteroatoms. The molecule has 0 radical (unpaired) electrons. The molecule has 2 unspecified atom stereocenters. The van der Waals surface area contributed by atoms with E-state index < -0.39 is 0 Å². The molecule has 0 aromatic rings. The van der Waals surface area contributed by atoms with Gasteiger partial charge in [0.25, 0.3) is 0 Å². The molecule has 2 aliphatic rings. The summed E-state index contributed by atoms with van der Waals surface area (Å²) in [6.45, 7) is 7.34. The average Bonchev–Trinajstić information content (AvgIpc) is 2.98. The Morgan fingerprint density at radius 2 is 2.15 bits per heavy atom. The van der Waals surface area contributed by atoms with Crippen molar-refractivity contribution in [3.63, 3.8) is 0 Å². The summed E-state index contributed by atoms with van der Waals surface area (Å²) in [6.07, 6.45) is 6.91. The van der Waals surface area contributed by atoms with Crippen LogP contribution in [0.15, 0.2) is 0 Å². The first-order valence-electron chi connectivity index (χ1n) is 8.31. The van der Waals surface area contributed by atoms with Gasteiger partial charge in [-0.1, -0.05) is 13.8 Å². The van der Waals surface area contributed by atoms with E-state index in [9.17, 15) is 4.79 Å². The zero-order valence-electron chi connectivity index (χ0n) is 13.0. The van der Waals surface area contributed by atoms with E-state index in [1.54, 1.807) is 0 Å². The molecule has 1 amide bonds. The van der Waals surface area contributed by atoms with E-state index in [2.05, 4.69) is 24.5 Å².